The normalized spacial score (nSPS) is 24.2. The molecule has 2 aliphatic rings. The Morgan fingerprint density at radius 3 is 2.90 bits per heavy atom. The fourth-order valence-electron chi connectivity index (χ4n) is 5.14. The van der Waals surface area contributed by atoms with Gasteiger partial charge in [-0.1, -0.05) is 36.7 Å². The van der Waals surface area contributed by atoms with Crippen LogP contribution in [0.3, 0.4) is 0 Å². The average Bonchev–Trinajstić information content (AvgIpc) is 3.32. The van der Waals surface area contributed by atoms with Crippen LogP contribution in [0.25, 0.3) is 10.9 Å². The maximum absolute atomic E-state index is 12.9. The summed E-state index contributed by atoms with van der Waals surface area (Å²) in [5.74, 6) is 2.53. The van der Waals surface area contributed by atoms with Crippen LogP contribution in [-0.2, 0) is 11.3 Å². The first-order valence-corrected chi connectivity index (χ1v) is 11.9. The van der Waals surface area contributed by atoms with Gasteiger partial charge in [0.25, 0.3) is 5.56 Å². The van der Waals surface area contributed by atoms with Gasteiger partial charge in [-0.05, 0) is 68.6 Å². The summed E-state index contributed by atoms with van der Waals surface area (Å²) in [6, 6.07) is 5.34. The van der Waals surface area contributed by atoms with Crippen LogP contribution in [0.4, 0.5) is 0 Å². The van der Waals surface area contributed by atoms with Crippen molar-refractivity contribution in [1.82, 2.24) is 14.9 Å². The average molecular weight is 434 g/mol. The van der Waals surface area contributed by atoms with E-state index in [1.165, 1.54) is 37.4 Å². The number of benzene rings is 1. The van der Waals surface area contributed by atoms with E-state index in [1.807, 2.05) is 6.92 Å². The Morgan fingerprint density at radius 2 is 2.21 bits per heavy atom. The molecule has 1 amide bonds. The Balaban J connectivity index is 1.46. The van der Waals surface area contributed by atoms with E-state index >= 15 is 0 Å². The van der Waals surface area contributed by atoms with Crippen molar-refractivity contribution >= 4 is 40.2 Å². The second-order valence-corrected chi connectivity index (χ2v) is 9.88. The zero-order valence-corrected chi connectivity index (χ0v) is 18.6. The van der Waals surface area contributed by atoms with Gasteiger partial charge in [0.05, 0.1) is 16.7 Å². The van der Waals surface area contributed by atoms with Crippen LogP contribution >= 0.6 is 23.4 Å². The Morgan fingerprint density at radius 1 is 1.38 bits per heavy atom. The Bertz CT molecular complexity index is 976. The molecule has 2 aromatic rings. The standard InChI is InChI=1S/C22H28ClN3O2S/c1-3-8-26-21(28)17-7-6-16(23)11-19(17)25-22(26)29-12-20(27)24-13(2)18-10-14-4-5-15(18)9-14/h6-7,11,13-15,18H,3-5,8-10,12H2,1-2H3,(H,24,27). The van der Waals surface area contributed by atoms with Crippen molar-refractivity contribution in [3.8, 4) is 0 Å². The van der Waals surface area contributed by atoms with Gasteiger partial charge in [-0.15, -0.1) is 0 Å². The number of rotatable bonds is 7. The highest BCUT2D eigenvalue weighted by molar-refractivity contribution is 7.99. The number of nitrogens with zero attached hydrogens (tertiary/aromatic N) is 2. The lowest BCUT2D eigenvalue weighted by molar-refractivity contribution is -0.119. The number of carbonyl (C=O) groups excluding carboxylic acids is 1. The number of amides is 1. The van der Waals surface area contributed by atoms with Gasteiger partial charge in [0, 0.05) is 17.6 Å². The van der Waals surface area contributed by atoms with E-state index in [0.29, 0.717) is 33.5 Å². The first-order valence-electron chi connectivity index (χ1n) is 10.6. The smallest absolute Gasteiger partial charge is 0.262 e. The van der Waals surface area contributed by atoms with E-state index in [1.54, 1.807) is 22.8 Å². The molecule has 7 heteroatoms. The summed E-state index contributed by atoms with van der Waals surface area (Å²) in [4.78, 5) is 30.1. The molecule has 2 bridgehead atoms. The minimum Gasteiger partial charge on any atom is -0.353 e. The van der Waals surface area contributed by atoms with Gasteiger partial charge in [-0.2, -0.15) is 0 Å². The Kier molecular flexibility index (Phi) is 6.21. The van der Waals surface area contributed by atoms with Crippen LogP contribution in [-0.4, -0.2) is 27.3 Å². The maximum Gasteiger partial charge on any atom is 0.262 e. The molecule has 1 N–H and O–H groups in total. The zero-order valence-electron chi connectivity index (χ0n) is 17.0. The summed E-state index contributed by atoms with van der Waals surface area (Å²) in [6.45, 7) is 4.74. The second-order valence-electron chi connectivity index (χ2n) is 8.50. The third kappa shape index (κ3) is 4.33. The highest BCUT2D eigenvalue weighted by Gasteiger charge is 2.42. The third-order valence-electron chi connectivity index (χ3n) is 6.49. The fraction of sp³-hybridized carbons (Fsp3) is 0.591. The van der Waals surface area contributed by atoms with Crippen molar-refractivity contribution in [2.24, 2.45) is 17.8 Å². The van der Waals surface area contributed by atoms with Crippen molar-refractivity contribution < 1.29 is 4.79 Å². The van der Waals surface area contributed by atoms with Crippen molar-refractivity contribution in [2.45, 2.75) is 63.7 Å². The molecule has 0 aliphatic heterocycles. The summed E-state index contributed by atoms with van der Waals surface area (Å²) < 4.78 is 1.67. The molecule has 2 saturated carbocycles. The molecule has 5 nitrogen and oxygen atoms in total. The fourth-order valence-corrected chi connectivity index (χ4v) is 6.15. The third-order valence-corrected chi connectivity index (χ3v) is 7.70. The van der Waals surface area contributed by atoms with Gasteiger partial charge in [-0.3, -0.25) is 14.2 Å². The van der Waals surface area contributed by atoms with Crippen molar-refractivity contribution in [3.05, 3.63) is 33.6 Å². The van der Waals surface area contributed by atoms with Gasteiger partial charge < -0.3 is 5.32 Å². The van der Waals surface area contributed by atoms with Crippen molar-refractivity contribution in [2.75, 3.05) is 5.75 Å². The monoisotopic (exact) mass is 433 g/mol. The van der Waals surface area contributed by atoms with Gasteiger partial charge in [-0.25, -0.2) is 4.98 Å². The van der Waals surface area contributed by atoms with Gasteiger partial charge in [0.15, 0.2) is 5.16 Å². The van der Waals surface area contributed by atoms with E-state index in [2.05, 4.69) is 17.2 Å². The minimum absolute atomic E-state index is 0.00811. The predicted octanol–water partition coefficient (Wildman–Crippen LogP) is 4.49. The lowest BCUT2D eigenvalue weighted by Crippen LogP contribution is -2.41. The van der Waals surface area contributed by atoms with Gasteiger partial charge in [0.1, 0.15) is 0 Å². The summed E-state index contributed by atoms with van der Waals surface area (Å²) in [7, 11) is 0. The maximum atomic E-state index is 12.9. The summed E-state index contributed by atoms with van der Waals surface area (Å²) in [5, 5.41) is 4.88. The summed E-state index contributed by atoms with van der Waals surface area (Å²) in [5.41, 5.74) is 0.500. The molecule has 4 atom stereocenters. The van der Waals surface area contributed by atoms with E-state index in [9.17, 15) is 9.59 Å². The molecule has 0 saturated heterocycles. The number of carbonyl (C=O) groups is 1. The molecule has 0 spiro atoms. The summed E-state index contributed by atoms with van der Waals surface area (Å²) in [6.07, 6.45) is 6.10. The topological polar surface area (TPSA) is 64.0 Å². The number of nitrogens with one attached hydrogen (secondary N) is 1. The van der Waals surface area contributed by atoms with Gasteiger partial charge in [0.2, 0.25) is 5.91 Å². The largest absolute Gasteiger partial charge is 0.353 e. The molecule has 4 rings (SSSR count). The molecular formula is C22H28ClN3O2S. The van der Waals surface area contributed by atoms with Gasteiger partial charge >= 0.3 is 0 Å². The quantitative estimate of drug-likeness (QED) is 0.516. The van der Waals surface area contributed by atoms with Crippen molar-refractivity contribution in [3.63, 3.8) is 0 Å². The molecule has 1 heterocycles. The van der Waals surface area contributed by atoms with E-state index in [0.717, 1.165) is 18.3 Å². The number of fused-ring (bicyclic) bond motifs is 3. The first-order chi connectivity index (χ1) is 14.0. The molecule has 1 aromatic heterocycles. The molecule has 29 heavy (non-hydrogen) atoms. The molecule has 2 fully saturated rings. The van der Waals surface area contributed by atoms with E-state index in [-0.39, 0.29) is 23.3 Å². The molecule has 0 radical (unpaired) electrons. The van der Waals surface area contributed by atoms with E-state index < -0.39 is 0 Å². The molecule has 156 valence electrons. The lowest BCUT2D eigenvalue weighted by atomic mass is 9.84. The number of thioether (sulfide) groups is 1. The predicted molar refractivity (Wildman–Crippen MR) is 119 cm³/mol. The number of aromatic nitrogens is 2. The Hall–Kier alpha value is -1.53. The minimum atomic E-state index is -0.0771. The molecule has 1 aromatic carbocycles. The molecule has 4 unspecified atom stereocenters. The second kappa shape index (κ2) is 8.68. The van der Waals surface area contributed by atoms with Crippen molar-refractivity contribution in [1.29, 1.82) is 0 Å². The van der Waals surface area contributed by atoms with Crippen LogP contribution in [0.5, 0.6) is 0 Å². The van der Waals surface area contributed by atoms with Crippen LogP contribution in [0, 0.1) is 17.8 Å². The van der Waals surface area contributed by atoms with Crippen LogP contribution < -0.4 is 10.9 Å². The summed E-state index contributed by atoms with van der Waals surface area (Å²) >= 11 is 7.40. The zero-order chi connectivity index (χ0) is 20.5. The number of halogens is 1. The highest BCUT2D eigenvalue weighted by Crippen LogP contribution is 2.49. The van der Waals surface area contributed by atoms with Crippen LogP contribution in [0.15, 0.2) is 28.2 Å². The van der Waals surface area contributed by atoms with Crippen LogP contribution in [0.2, 0.25) is 5.02 Å². The van der Waals surface area contributed by atoms with Crippen LogP contribution in [0.1, 0.15) is 46.0 Å². The number of hydrogen-bond donors (Lipinski definition) is 1. The SMILES string of the molecule is CCCn1c(SCC(=O)NC(C)C2CC3CCC2C3)nc2cc(Cl)ccc2c1=O. The van der Waals surface area contributed by atoms with E-state index in [4.69, 9.17) is 11.6 Å². The number of hydrogen-bond acceptors (Lipinski definition) is 4. The molecular weight excluding hydrogens is 406 g/mol. The lowest BCUT2D eigenvalue weighted by Gasteiger charge is -2.28. The Labute approximate surface area is 180 Å². The first kappa shape index (κ1) is 20.7. The molecule has 2 aliphatic carbocycles. The highest BCUT2D eigenvalue weighted by atomic mass is 35.5.